The Morgan fingerprint density at radius 3 is 2.11 bits per heavy atom. The fourth-order valence-electron chi connectivity index (χ4n) is 3.56. The first kappa shape index (κ1) is 26.4. The molecule has 0 aliphatic heterocycles. The lowest BCUT2D eigenvalue weighted by Gasteiger charge is -2.12. The van der Waals surface area contributed by atoms with Crippen molar-refractivity contribution in [2.75, 3.05) is 16.4 Å². The third kappa shape index (κ3) is 7.94. The molecule has 3 N–H and O–H groups in total. The van der Waals surface area contributed by atoms with Crippen molar-refractivity contribution in [1.29, 1.82) is 0 Å². The molecule has 0 spiro atoms. The number of hydrogen-bond donors (Lipinski definition) is 3. The summed E-state index contributed by atoms with van der Waals surface area (Å²) in [5.41, 5.74) is 3.77. The molecular formula is C31H27N3O3S. The van der Waals surface area contributed by atoms with E-state index in [1.54, 1.807) is 42.5 Å². The second-order valence-electron chi connectivity index (χ2n) is 8.47. The van der Waals surface area contributed by atoms with E-state index < -0.39 is 5.91 Å². The number of thioether (sulfide) groups is 1. The minimum absolute atomic E-state index is 0.0946. The summed E-state index contributed by atoms with van der Waals surface area (Å²) in [7, 11) is 0. The topological polar surface area (TPSA) is 87.3 Å². The van der Waals surface area contributed by atoms with Gasteiger partial charge in [0.25, 0.3) is 11.8 Å². The van der Waals surface area contributed by atoms with Crippen LogP contribution in [0.5, 0.6) is 0 Å². The number of carbonyl (C=O) groups is 3. The van der Waals surface area contributed by atoms with E-state index >= 15 is 0 Å². The normalized spacial score (nSPS) is 10.9. The molecule has 4 rings (SSSR count). The summed E-state index contributed by atoms with van der Waals surface area (Å²) in [5.74, 6) is -0.660. The molecule has 6 nitrogen and oxygen atoms in total. The van der Waals surface area contributed by atoms with Gasteiger partial charge >= 0.3 is 0 Å². The van der Waals surface area contributed by atoms with Crippen molar-refractivity contribution in [3.63, 3.8) is 0 Å². The molecule has 0 aliphatic rings. The molecule has 0 saturated heterocycles. The van der Waals surface area contributed by atoms with Gasteiger partial charge in [0.2, 0.25) is 5.91 Å². The summed E-state index contributed by atoms with van der Waals surface area (Å²) < 4.78 is 0. The summed E-state index contributed by atoms with van der Waals surface area (Å²) in [6.45, 7) is 1.97. The van der Waals surface area contributed by atoms with Crippen molar-refractivity contribution in [2.24, 2.45) is 0 Å². The third-order valence-electron chi connectivity index (χ3n) is 5.42. The lowest BCUT2D eigenvalue weighted by atomic mass is 10.1. The standard InChI is InChI=1S/C31H27N3O3S/c1-22-9-8-14-26(19-22)32-29(35)21-38-27-17-15-25(16-18-27)33-31(37)28(20-23-10-4-2-5-11-23)34-30(36)24-12-6-3-7-13-24/h2-20H,21H2,1H3,(H,32,35)(H,33,37)(H,34,36)/b28-20-. The molecule has 0 atom stereocenters. The number of nitrogens with one attached hydrogen (secondary N) is 3. The molecule has 7 heteroatoms. The van der Waals surface area contributed by atoms with Crippen molar-refractivity contribution in [1.82, 2.24) is 5.32 Å². The van der Waals surface area contributed by atoms with Gasteiger partial charge < -0.3 is 16.0 Å². The number of benzene rings is 4. The molecule has 0 saturated carbocycles. The van der Waals surface area contributed by atoms with E-state index in [1.807, 2.05) is 79.7 Å². The van der Waals surface area contributed by atoms with Crippen molar-refractivity contribution >= 4 is 46.9 Å². The van der Waals surface area contributed by atoms with E-state index in [-0.39, 0.29) is 23.3 Å². The van der Waals surface area contributed by atoms with E-state index in [2.05, 4.69) is 16.0 Å². The zero-order valence-electron chi connectivity index (χ0n) is 20.8. The summed E-state index contributed by atoms with van der Waals surface area (Å²) in [6, 6.07) is 32.9. The molecule has 4 aromatic carbocycles. The second-order valence-corrected chi connectivity index (χ2v) is 9.52. The maximum atomic E-state index is 13.1. The fraction of sp³-hybridized carbons (Fsp3) is 0.0645. The Morgan fingerprint density at radius 1 is 0.737 bits per heavy atom. The summed E-state index contributed by atoms with van der Waals surface area (Å²) >= 11 is 1.40. The Morgan fingerprint density at radius 2 is 1.42 bits per heavy atom. The van der Waals surface area contributed by atoms with Gasteiger partial charge in [0.05, 0.1) is 5.75 Å². The lowest BCUT2D eigenvalue weighted by molar-refractivity contribution is -0.114. The first-order valence-corrected chi connectivity index (χ1v) is 13.0. The highest BCUT2D eigenvalue weighted by atomic mass is 32.2. The van der Waals surface area contributed by atoms with Crippen LogP contribution in [0.3, 0.4) is 0 Å². The van der Waals surface area contributed by atoms with Gasteiger partial charge in [0, 0.05) is 21.8 Å². The van der Waals surface area contributed by atoms with Crippen molar-refractivity contribution in [3.8, 4) is 0 Å². The molecule has 0 bridgehead atoms. The van der Waals surface area contributed by atoms with Crippen molar-refractivity contribution in [2.45, 2.75) is 11.8 Å². The zero-order valence-corrected chi connectivity index (χ0v) is 21.6. The molecule has 0 unspecified atom stereocenters. The predicted molar refractivity (Wildman–Crippen MR) is 154 cm³/mol. The van der Waals surface area contributed by atoms with Crippen LogP contribution in [0.25, 0.3) is 6.08 Å². The van der Waals surface area contributed by atoms with E-state index in [9.17, 15) is 14.4 Å². The maximum absolute atomic E-state index is 13.1. The number of amides is 3. The van der Waals surface area contributed by atoms with E-state index in [4.69, 9.17) is 0 Å². The van der Waals surface area contributed by atoms with Crippen LogP contribution in [0, 0.1) is 6.92 Å². The maximum Gasteiger partial charge on any atom is 0.272 e. The highest BCUT2D eigenvalue weighted by Gasteiger charge is 2.15. The SMILES string of the molecule is Cc1cccc(NC(=O)CSc2ccc(NC(=O)/C(=C/c3ccccc3)NC(=O)c3ccccc3)cc2)c1. The Labute approximate surface area is 226 Å². The van der Waals surface area contributed by atoms with E-state index in [1.165, 1.54) is 11.8 Å². The number of carbonyl (C=O) groups excluding carboxylic acids is 3. The molecule has 38 heavy (non-hydrogen) atoms. The van der Waals surface area contributed by atoms with Crippen LogP contribution in [0.1, 0.15) is 21.5 Å². The molecule has 4 aromatic rings. The molecule has 0 fully saturated rings. The molecule has 190 valence electrons. The third-order valence-corrected chi connectivity index (χ3v) is 6.44. The first-order valence-electron chi connectivity index (χ1n) is 12.0. The highest BCUT2D eigenvalue weighted by Crippen LogP contribution is 2.21. The Hall–Kier alpha value is -4.62. The molecular weight excluding hydrogens is 494 g/mol. The van der Waals surface area contributed by atoms with Crippen LogP contribution < -0.4 is 16.0 Å². The Balaban J connectivity index is 1.38. The number of rotatable bonds is 9. The van der Waals surface area contributed by atoms with Crippen molar-refractivity contribution < 1.29 is 14.4 Å². The second kappa shape index (κ2) is 13.1. The van der Waals surface area contributed by atoms with Gasteiger partial charge in [0.1, 0.15) is 5.70 Å². The average Bonchev–Trinajstić information content (AvgIpc) is 2.93. The van der Waals surface area contributed by atoms with Crippen LogP contribution in [-0.2, 0) is 9.59 Å². The first-order chi connectivity index (χ1) is 18.5. The van der Waals surface area contributed by atoms with Crippen LogP contribution in [-0.4, -0.2) is 23.5 Å². The number of hydrogen-bond acceptors (Lipinski definition) is 4. The molecule has 0 radical (unpaired) electrons. The molecule has 0 heterocycles. The summed E-state index contributed by atoms with van der Waals surface area (Å²) in [5, 5.41) is 8.46. The van der Waals surface area contributed by atoms with Crippen LogP contribution >= 0.6 is 11.8 Å². The Bertz CT molecular complexity index is 1440. The average molecular weight is 522 g/mol. The molecule has 0 aromatic heterocycles. The predicted octanol–water partition coefficient (Wildman–Crippen LogP) is 6.14. The molecule has 3 amide bonds. The van der Waals surface area contributed by atoms with Gasteiger partial charge in [-0.25, -0.2) is 0 Å². The van der Waals surface area contributed by atoms with Gasteiger partial charge in [-0.05, 0) is 72.7 Å². The van der Waals surface area contributed by atoms with Gasteiger partial charge in [-0.2, -0.15) is 0 Å². The highest BCUT2D eigenvalue weighted by molar-refractivity contribution is 8.00. The van der Waals surface area contributed by atoms with Crippen LogP contribution in [0.15, 0.2) is 120 Å². The van der Waals surface area contributed by atoms with Gasteiger partial charge in [-0.15, -0.1) is 11.8 Å². The van der Waals surface area contributed by atoms with Crippen LogP contribution in [0.4, 0.5) is 11.4 Å². The summed E-state index contributed by atoms with van der Waals surface area (Å²) in [4.78, 5) is 39.1. The quantitative estimate of drug-likeness (QED) is 0.183. The summed E-state index contributed by atoms with van der Waals surface area (Å²) in [6.07, 6.45) is 1.63. The monoisotopic (exact) mass is 521 g/mol. The van der Waals surface area contributed by atoms with Crippen molar-refractivity contribution in [3.05, 3.63) is 132 Å². The van der Waals surface area contributed by atoms with E-state index in [0.29, 0.717) is 11.3 Å². The Kier molecular flexibility index (Phi) is 9.10. The van der Waals surface area contributed by atoms with Crippen LogP contribution in [0.2, 0.25) is 0 Å². The number of aryl methyl sites for hydroxylation is 1. The van der Waals surface area contributed by atoms with E-state index in [0.717, 1.165) is 21.7 Å². The number of anilines is 2. The minimum Gasteiger partial charge on any atom is -0.325 e. The van der Waals surface area contributed by atoms with Gasteiger partial charge in [-0.1, -0.05) is 60.7 Å². The molecule has 0 aliphatic carbocycles. The lowest BCUT2D eigenvalue weighted by Crippen LogP contribution is -2.30. The largest absolute Gasteiger partial charge is 0.325 e. The van der Waals surface area contributed by atoms with Gasteiger partial charge in [0.15, 0.2) is 0 Å². The van der Waals surface area contributed by atoms with Gasteiger partial charge in [-0.3, -0.25) is 14.4 Å². The smallest absolute Gasteiger partial charge is 0.272 e. The zero-order chi connectivity index (χ0) is 26.7. The fourth-order valence-corrected chi connectivity index (χ4v) is 4.26. The minimum atomic E-state index is -0.448.